The number of amides is 1. The number of rotatable bonds is 5. The van der Waals surface area contributed by atoms with Crippen molar-refractivity contribution in [1.29, 1.82) is 0 Å². The second-order valence-electron chi connectivity index (χ2n) is 6.32. The van der Waals surface area contributed by atoms with Gasteiger partial charge in [-0.1, -0.05) is 17.7 Å². The fraction of sp³-hybridized carbons (Fsp3) is 0.471. The number of likely N-dealkylation sites (tertiary alicyclic amines) is 1. The van der Waals surface area contributed by atoms with E-state index >= 15 is 0 Å². The van der Waals surface area contributed by atoms with Crippen molar-refractivity contribution in [2.45, 2.75) is 32.3 Å². The molecule has 0 radical (unpaired) electrons. The number of aliphatic hydroxyl groups is 1. The summed E-state index contributed by atoms with van der Waals surface area (Å²) in [4.78, 5) is 14.0. The summed E-state index contributed by atoms with van der Waals surface area (Å²) >= 11 is 0. The van der Waals surface area contributed by atoms with Crippen molar-refractivity contribution in [2.24, 2.45) is 0 Å². The molecule has 7 nitrogen and oxygen atoms in total. The van der Waals surface area contributed by atoms with Crippen LogP contribution in [0.1, 0.15) is 29.7 Å². The third-order valence-electron chi connectivity index (χ3n) is 4.40. The van der Waals surface area contributed by atoms with Gasteiger partial charge in [0.15, 0.2) is 0 Å². The maximum atomic E-state index is 12.3. The predicted octanol–water partition coefficient (Wildman–Crippen LogP) is 1.31. The number of ether oxygens (including phenoxy) is 1. The van der Waals surface area contributed by atoms with Gasteiger partial charge in [0.25, 0.3) is 0 Å². The van der Waals surface area contributed by atoms with Crippen LogP contribution in [0, 0.1) is 13.8 Å². The van der Waals surface area contributed by atoms with Gasteiger partial charge in [-0.05, 0) is 25.5 Å². The van der Waals surface area contributed by atoms with Crippen molar-refractivity contribution in [3.8, 4) is 5.75 Å². The number of nitrogens with zero attached hydrogens (tertiary/aromatic N) is 3. The quantitative estimate of drug-likeness (QED) is 0.862. The predicted molar refractivity (Wildman–Crippen MR) is 87.5 cm³/mol. The summed E-state index contributed by atoms with van der Waals surface area (Å²) in [5.74, 6) is 0.771. The number of carbonyl (C=O) groups excluding carboxylic acids is 1. The molecule has 128 valence electrons. The Bertz CT molecular complexity index is 717. The minimum Gasteiger partial charge on any atom is -0.493 e. The number of carbonyl (C=O) groups is 1. The molecule has 0 aliphatic carbocycles. The molecule has 24 heavy (non-hydrogen) atoms. The van der Waals surface area contributed by atoms with Crippen LogP contribution in [-0.4, -0.2) is 51.0 Å². The molecule has 1 amide bonds. The molecular weight excluding hydrogens is 308 g/mol. The van der Waals surface area contributed by atoms with Crippen molar-refractivity contribution < 1.29 is 14.6 Å². The molecule has 1 aromatic carbocycles. The minimum atomic E-state index is -1.11. The molecule has 0 saturated carbocycles. The average molecular weight is 330 g/mol. The van der Waals surface area contributed by atoms with E-state index < -0.39 is 5.60 Å². The molecule has 0 spiro atoms. The van der Waals surface area contributed by atoms with Crippen LogP contribution in [0.25, 0.3) is 0 Å². The summed E-state index contributed by atoms with van der Waals surface area (Å²) in [5.41, 5.74) is 1.60. The fourth-order valence-corrected chi connectivity index (χ4v) is 3.01. The van der Waals surface area contributed by atoms with Crippen LogP contribution in [0.4, 0.5) is 0 Å². The Hall–Kier alpha value is -2.41. The summed E-state index contributed by atoms with van der Waals surface area (Å²) in [6.45, 7) is 5.08. The first kappa shape index (κ1) is 16.4. The van der Waals surface area contributed by atoms with Gasteiger partial charge in [0.2, 0.25) is 5.91 Å². The van der Waals surface area contributed by atoms with Crippen molar-refractivity contribution >= 4 is 5.91 Å². The Morgan fingerprint density at radius 3 is 3.00 bits per heavy atom. The summed E-state index contributed by atoms with van der Waals surface area (Å²) < 4.78 is 5.71. The van der Waals surface area contributed by atoms with Crippen LogP contribution in [0.2, 0.25) is 0 Å². The Morgan fingerprint density at radius 1 is 1.46 bits per heavy atom. The number of nitrogens with one attached hydrogen (secondary N) is 1. The molecule has 1 aromatic heterocycles. The first-order valence-electron chi connectivity index (χ1n) is 8.04. The van der Waals surface area contributed by atoms with Crippen LogP contribution >= 0.6 is 0 Å². The Morgan fingerprint density at radius 2 is 2.29 bits per heavy atom. The molecule has 7 heteroatoms. The maximum Gasteiger partial charge on any atom is 0.226 e. The number of aromatic nitrogens is 3. The first-order chi connectivity index (χ1) is 11.5. The Labute approximate surface area is 140 Å². The third kappa shape index (κ3) is 3.41. The summed E-state index contributed by atoms with van der Waals surface area (Å²) in [7, 11) is 0. The number of hydrogen-bond donors (Lipinski definition) is 2. The summed E-state index contributed by atoms with van der Waals surface area (Å²) in [6, 6.07) is 5.96. The van der Waals surface area contributed by atoms with Crippen molar-refractivity contribution in [3.63, 3.8) is 0 Å². The van der Waals surface area contributed by atoms with Crippen molar-refractivity contribution in [3.05, 3.63) is 41.2 Å². The number of benzene rings is 1. The van der Waals surface area contributed by atoms with Gasteiger partial charge in [-0.3, -0.25) is 4.79 Å². The van der Waals surface area contributed by atoms with Crippen molar-refractivity contribution in [2.75, 3.05) is 19.7 Å². The van der Waals surface area contributed by atoms with Crippen molar-refractivity contribution in [1.82, 2.24) is 20.3 Å². The molecule has 2 aromatic rings. The SMILES string of the molecule is Cc1ccc(OCCC(=O)N2CCC(O)(c3cn[nH]n3)C2)c(C)c1. The van der Waals surface area contributed by atoms with E-state index in [1.807, 2.05) is 26.0 Å². The molecule has 2 N–H and O–H groups in total. The lowest BCUT2D eigenvalue weighted by Gasteiger charge is -2.21. The molecule has 3 rings (SSSR count). The van der Waals surface area contributed by atoms with Gasteiger partial charge in [0.1, 0.15) is 17.0 Å². The summed E-state index contributed by atoms with van der Waals surface area (Å²) in [6.07, 6.45) is 2.24. The number of aryl methyl sites for hydroxylation is 2. The highest BCUT2D eigenvalue weighted by Gasteiger charge is 2.41. The second kappa shape index (κ2) is 6.60. The second-order valence-corrected chi connectivity index (χ2v) is 6.32. The van der Waals surface area contributed by atoms with Gasteiger partial charge in [-0.25, -0.2) is 0 Å². The highest BCUT2D eigenvalue weighted by Crippen LogP contribution is 2.30. The van der Waals surface area contributed by atoms with Gasteiger partial charge in [0, 0.05) is 13.0 Å². The van der Waals surface area contributed by atoms with E-state index in [9.17, 15) is 9.90 Å². The molecular formula is C17H22N4O3. The molecule has 1 aliphatic rings. The highest BCUT2D eigenvalue weighted by molar-refractivity contribution is 5.76. The van der Waals surface area contributed by atoms with E-state index in [2.05, 4.69) is 21.5 Å². The molecule has 1 atom stereocenters. The minimum absolute atomic E-state index is 0.0285. The third-order valence-corrected chi connectivity index (χ3v) is 4.40. The molecule has 1 saturated heterocycles. The standard InChI is InChI=1S/C17H22N4O3/c1-12-3-4-14(13(2)9-12)24-8-5-16(22)21-7-6-17(23,11-21)15-10-18-20-19-15/h3-4,9-10,23H,5-8,11H2,1-2H3,(H,18,19,20). The van der Waals surface area contributed by atoms with E-state index in [0.717, 1.165) is 11.3 Å². The molecule has 1 unspecified atom stereocenters. The number of aromatic amines is 1. The Balaban J connectivity index is 1.51. The number of H-pyrrole nitrogens is 1. The normalized spacial score (nSPS) is 20.4. The number of hydrogen-bond acceptors (Lipinski definition) is 5. The smallest absolute Gasteiger partial charge is 0.226 e. The van der Waals surface area contributed by atoms with Crippen LogP contribution in [0.3, 0.4) is 0 Å². The lowest BCUT2D eigenvalue weighted by atomic mass is 10.0. The lowest BCUT2D eigenvalue weighted by molar-refractivity contribution is -0.131. The molecule has 1 fully saturated rings. The zero-order valence-corrected chi connectivity index (χ0v) is 14.0. The van der Waals surface area contributed by atoms with Crippen LogP contribution in [0.15, 0.2) is 24.4 Å². The zero-order chi connectivity index (χ0) is 17.2. The average Bonchev–Trinajstić information content (AvgIpc) is 3.20. The van der Waals surface area contributed by atoms with E-state index in [1.165, 1.54) is 11.8 Å². The number of β-amino-alcohol motifs (C(OH)–C–C–N with tert-alkyl or cyclic N) is 1. The molecule has 0 bridgehead atoms. The van der Waals surface area contributed by atoms with Gasteiger partial charge in [-0.15, -0.1) is 0 Å². The van der Waals surface area contributed by atoms with Crippen LogP contribution in [0.5, 0.6) is 5.75 Å². The lowest BCUT2D eigenvalue weighted by Crippen LogP contribution is -2.35. The van der Waals surface area contributed by atoms with E-state index in [-0.39, 0.29) is 18.9 Å². The van der Waals surface area contributed by atoms with Gasteiger partial charge < -0.3 is 14.7 Å². The van der Waals surface area contributed by atoms with Gasteiger partial charge >= 0.3 is 0 Å². The zero-order valence-electron chi connectivity index (χ0n) is 14.0. The monoisotopic (exact) mass is 330 g/mol. The van der Waals surface area contributed by atoms with E-state index in [4.69, 9.17) is 4.74 Å². The fourth-order valence-electron chi connectivity index (χ4n) is 3.01. The van der Waals surface area contributed by atoms with Crippen LogP contribution < -0.4 is 4.74 Å². The highest BCUT2D eigenvalue weighted by atomic mass is 16.5. The maximum absolute atomic E-state index is 12.3. The Kier molecular flexibility index (Phi) is 4.53. The van der Waals surface area contributed by atoms with E-state index in [1.54, 1.807) is 4.90 Å². The van der Waals surface area contributed by atoms with E-state index in [0.29, 0.717) is 25.3 Å². The van der Waals surface area contributed by atoms with Crippen LogP contribution in [-0.2, 0) is 10.4 Å². The van der Waals surface area contributed by atoms with Gasteiger partial charge in [0.05, 0.1) is 25.8 Å². The molecule has 1 aliphatic heterocycles. The molecule has 2 heterocycles. The van der Waals surface area contributed by atoms with Gasteiger partial charge in [-0.2, -0.15) is 15.4 Å². The largest absolute Gasteiger partial charge is 0.493 e. The topological polar surface area (TPSA) is 91.3 Å². The first-order valence-corrected chi connectivity index (χ1v) is 8.04. The summed E-state index contributed by atoms with van der Waals surface area (Å²) in [5, 5.41) is 20.7.